The van der Waals surface area contributed by atoms with E-state index in [4.69, 9.17) is 17.0 Å². The van der Waals surface area contributed by atoms with E-state index in [0.29, 0.717) is 5.25 Å². The first-order valence-corrected chi connectivity index (χ1v) is 7.62. The van der Waals surface area contributed by atoms with Crippen LogP contribution in [0, 0.1) is 4.77 Å². The molecule has 1 saturated heterocycles. The fraction of sp³-hybridized carbons (Fsp3) is 0.462. The molecule has 5 heteroatoms. The molecule has 0 bridgehead atoms. The highest BCUT2D eigenvalue weighted by atomic mass is 32.2. The van der Waals surface area contributed by atoms with Gasteiger partial charge in [0.2, 0.25) is 0 Å². The molecule has 1 aliphatic heterocycles. The summed E-state index contributed by atoms with van der Waals surface area (Å²) in [6.45, 7) is 1.01. The molecule has 0 spiro atoms. The standard InChI is InChI=1S/C13H16N2OS2/c1-16-9-4-5-12-11(7-9)14-13(17)15(12)8-10-3-2-6-18-10/h4-5,7,10H,2-3,6,8H2,1H3,(H,14,17). The highest BCUT2D eigenvalue weighted by Crippen LogP contribution is 2.29. The van der Waals surface area contributed by atoms with E-state index in [1.807, 2.05) is 12.1 Å². The molecule has 1 aliphatic rings. The molecule has 1 aromatic carbocycles. The lowest BCUT2D eigenvalue weighted by Crippen LogP contribution is -2.09. The number of nitrogens with one attached hydrogen (secondary N) is 1. The van der Waals surface area contributed by atoms with Crippen LogP contribution in [0.5, 0.6) is 5.75 Å². The number of ether oxygens (including phenoxy) is 1. The smallest absolute Gasteiger partial charge is 0.178 e. The number of benzene rings is 1. The van der Waals surface area contributed by atoms with E-state index in [9.17, 15) is 0 Å². The Morgan fingerprint density at radius 1 is 1.56 bits per heavy atom. The summed E-state index contributed by atoms with van der Waals surface area (Å²) in [6.07, 6.45) is 2.63. The predicted octanol–water partition coefficient (Wildman–Crippen LogP) is 3.60. The summed E-state index contributed by atoms with van der Waals surface area (Å²) in [4.78, 5) is 3.26. The second kappa shape index (κ2) is 4.97. The van der Waals surface area contributed by atoms with Gasteiger partial charge in [-0.3, -0.25) is 0 Å². The molecule has 0 amide bonds. The summed E-state index contributed by atoms with van der Waals surface area (Å²) >= 11 is 7.48. The second-order valence-corrected chi connectivity index (χ2v) is 6.35. The highest BCUT2D eigenvalue weighted by molar-refractivity contribution is 8.00. The first kappa shape index (κ1) is 12.1. The number of hydrogen-bond donors (Lipinski definition) is 1. The van der Waals surface area contributed by atoms with Crippen LogP contribution in [0.1, 0.15) is 12.8 Å². The first-order valence-electron chi connectivity index (χ1n) is 6.16. The third kappa shape index (κ3) is 2.17. The zero-order chi connectivity index (χ0) is 12.5. The minimum Gasteiger partial charge on any atom is -0.497 e. The van der Waals surface area contributed by atoms with E-state index in [1.165, 1.54) is 24.1 Å². The van der Waals surface area contributed by atoms with Gasteiger partial charge < -0.3 is 14.3 Å². The molecule has 1 atom stereocenters. The number of nitrogens with zero attached hydrogens (tertiary/aromatic N) is 1. The van der Waals surface area contributed by atoms with Gasteiger partial charge in [-0.15, -0.1) is 0 Å². The lowest BCUT2D eigenvalue weighted by molar-refractivity contribution is 0.415. The van der Waals surface area contributed by atoms with Gasteiger partial charge in [0.15, 0.2) is 4.77 Å². The van der Waals surface area contributed by atoms with Crippen LogP contribution in [-0.4, -0.2) is 27.7 Å². The third-order valence-electron chi connectivity index (χ3n) is 3.39. The number of rotatable bonds is 3. The fourth-order valence-corrected chi connectivity index (χ4v) is 3.98. The Bertz CT molecular complexity index is 611. The van der Waals surface area contributed by atoms with Crippen molar-refractivity contribution in [2.45, 2.75) is 24.6 Å². The molecular weight excluding hydrogens is 264 g/mol. The van der Waals surface area contributed by atoms with Crippen molar-refractivity contribution in [2.75, 3.05) is 12.9 Å². The van der Waals surface area contributed by atoms with Crippen LogP contribution in [0.2, 0.25) is 0 Å². The number of aromatic amines is 1. The lowest BCUT2D eigenvalue weighted by Gasteiger charge is -2.10. The number of hydrogen-bond acceptors (Lipinski definition) is 3. The van der Waals surface area contributed by atoms with E-state index in [1.54, 1.807) is 7.11 Å². The van der Waals surface area contributed by atoms with Gasteiger partial charge in [-0.25, -0.2) is 0 Å². The van der Waals surface area contributed by atoms with E-state index in [2.05, 4.69) is 27.4 Å². The Labute approximate surface area is 116 Å². The van der Waals surface area contributed by atoms with Crippen molar-refractivity contribution in [1.29, 1.82) is 0 Å². The number of H-pyrrole nitrogens is 1. The van der Waals surface area contributed by atoms with Gasteiger partial charge >= 0.3 is 0 Å². The molecule has 2 heterocycles. The molecule has 0 saturated carbocycles. The Morgan fingerprint density at radius 3 is 3.17 bits per heavy atom. The first-order chi connectivity index (χ1) is 8.78. The van der Waals surface area contributed by atoms with Crippen molar-refractivity contribution in [3.8, 4) is 5.75 Å². The number of fused-ring (bicyclic) bond motifs is 1. The maximum absolute atomic E-state index is 5.42. The topological polar surface area (TPSA) is 29.9 Å². The summed E-state index contributed by atoms with van der Waals surface area (Å²) < 4.78 is 8.26. The second-order valence-electron chi connectivity index (χ2n) is 4.56. The van der Waals surface area contributed by atoms with Gasteiger partial charge in [0, 0.05) is 17.9 Å². The van der Waals surface area contributed by atoms with Crippen LogP contribution in [0.4, 0.5) is 0 Å². The molecule has 1 unspecified atom stereocenters. The Morgan fingerprint density at radius 2 is 2.44 bits per heavy atom. The molecule has 1 N–H and O–H groups in total. The van der Waals surface area contributed by atoms with Gasteiger partial charge in [0.1, 0.15) is 5.75 Å². The summed E-state index contributed by atoms with van der Waals surface area (Å²) in [6, 6.07) is 6.08. The van der Waals surface area contributed by atoms with Gasteiger partial charge in [-0.1, -0.05) is 0 Å². The highest BCUT2D eigenvalue weighted by Gasteiger charge is 2.17. The number of aromatic nitrogens is 2. The van der Waals surface area contributed by atoms with Gasteiger partial charge in [0.25, 0.3) is 0 Å². The Kier molecular flexibility index (Phi) is 3.35. The number of thioether (sulfide) groups is 1. The van der Waals surface area contributed by atoms with Gasteiger partial charge in [0.05, 0.1) is 18.1 Å². The zero-order valence-electron chi connectivity index (χ0n) is 10.3. The molecule has 1 fully saturated rings. The van der Waals surface area contributed by atoms with Crippen LogP contribution in [0.3, 0.4) is 0 Å². The molecule has 2 aromatic rings. The lowest BCUT2D eigenvalue weighted by atomic mass is 10.2. The fourth-order valence-electron chi connectivity index (χ4n) is 2.44. The van der Waals surface area contributed by atoms with E-state index in [0.717, 1.165) is 22.6 Å². The van der Waals surface area contributed by atoms with E-state index in [-0.39, 0.29) is 0 Å². The minimum absolute atomic E-state index is 0.706. The largest absolute Gasteiger partial charge is 0.497 e. The number of imidazole rings is 1. The molecule has 3 rings (SSSR count). The summed E-state index contributed by atoms with van der Waals surface area (Å²) in [5.41, 5.74) is 2.23. The van der Waals surface area contributed by atoms with Crippen LogP contribution < -0.4 is 4.74 Å². The van der Waals surface area contributed by atoms with E-state index < -0.39 is 0 Å². The molecular formula is C13H16N2OS2. The maximum atomic E-state index is 5.42. The normalized spacial score (nSPS) is 19.5. The summed E-state index contributed by atoms with van der Waals surface area (Å²) in [7, 11) is 1.68. The quantitative estimate of drug-likeness (QED) is 0.871. The van der Waals surface area contributed by atoms with Crippen LogP contribution in [0.25, 0.3) is 11.0 Å². The molecule has 3 nitrogen and oxygen atoms in total. The molecule has 0 aliphatic carbocycles. The molecule has 1 aromatic heterocycles. The van der Waals surface area contributed by atoms with Gasteiger partial charge in [-0.05, 0) is 42.9 Å². The van der Waals surface area contributed by atoms with Crippen molar-refractivity contribution in [3.63, 3.8) is 0 Å². The van der Waals surface area contributed by atoms with Crippen LogP contribution in [-0.2, 0) is 6.54 Å². The Hall–Kier alpha value is -0.940. The average Bonchev–Trinajstić information content (AvgIpc) is 2.98. The average molecular weight is 280 g/mol. The Balaban J connectivity index is 2.00. The molecule has 0 radical (unpaired) electrons. The third-order valence-corrected chi connectivity index (χ3v) is 5.09. The molecule has 18 heavy (non-hydrogen) atoms. The molecule has 96 valence electrons. The van der Waals surface area contributed by atoms with E-state index >= 15 is 0 Å². The SMILES string of the molecule is COc1ccc2c(c1)[nH]c(=S)n2CC1CCCS1. The number of methoxy groups -OCH3 is 1. The van der Waals surface area contributed by atoms with Gasteiger partial charge in [-0.2, -0.15) is 11.8 Å². The monoisotopic (exact) mass is 280 g/mol. The minimum atomic E-state index is 0.706. The van der Waals surface area contributed by atoms with Crippen molar-refractivity contribution in [2.24, 2.45) is 0 Å². The summed E-state index contributed by atoms with van der Waals surface area (Å²) in [5.74, 6) is 2.15. The van der Waals surface area contributed by atoms with Crippen molar-refractivity contribution in [1.82, 2.24) is 9.55 Å². The van der Waals surface area contributed by atoms with Crippen molar-refractivity contribution in [3.05, 3.63) is 23.0 Å². The zero-order valence-corrected chi connectivity index (χ0v) is 11.9. The maximum Gasteiger partial charge on any atom is 0.178 e. The summed E-state index contributed by atoms with van der Waals surface area (Å²) in [5, 5.41) is 0.706. The van der Waals surface area contributed by atoms with Crippen LogP contribution >= 0.6 is 24.0 Å². The van der Waals surface area contributed by atoms with Crippen molar-refractivity contribution >= 4 is 35.0 Å². The van der Waals surface area contributed by atoms with Crippen LogP contribution in [0.15, 0.2) is 18.2 Å². The predicted molar refractivity (Wildman–Crippen MR) is 79.2 cm³/mol. The van der Waals surface area contributed by atoms with Crippen molar-refractivity contribution < 1.29 is 4.74 Å².